The average Bonchev–Trinajstić information content (AvgIpc) is 2.54. The quantitative estimate of drug-likeness (QED) is 0.814. The molecule has 0 spiro atoms. The zero-order valence-corrected chi connectivity index (χ0v) is 9.27. The first-order chi connectivity index (χ1) is 7.18. The van der Waals surface area contributed by atoms with E-state index in [4.69, 9.17) is 0 Å². The van der Waals surface area contributed by atoms with Crippen molar-refractivity contribution in [2.75, 3.05) is 0 Å². The van der Waals surface area contributed by atoms with Crippen molar-refractivity contribution in [2.24, 2.45) is 7.05 Å². The molecule has 1 N–H and O–H groups in total. The summed E-state index contributed by atoms with van der Waals surface area (Å²) in [6.07, 6.45) is 1.54. The van der Waals surface area contributed by atoms with Crippen LogP contribution in [-0.2, 0) is 13.5 Å². The van der Waals surface area contributed by atoms with Gasteiger partial charge in [0.15, 0.2) is 0 Å². The van der Waals surface area contributed by atoms with Crippen LogP contribution in [0.1, 0.15) is 19.0 Å². The van der Waals surface area contributed by atoms with Gasteiger partial charge in [-0.15, -0.1) is 0 Å². The molecule has 0 saturated heterocycles. The summed E-state index contributed by atoms with van der Waals surface area (Å²) < 4.78 is 2.21. The van der Waals surface area contributed by atoms with Crippen molar-refractivity contribution >= 4 is 10.9 Å². The van der Waals surface area contributed by atoms with Gasteiger partial charge in [-0.1, -0.05) is 18.2 Å². The van der Waals surface area contributed by atoms with Gasteiger partial charge >= 0.3 is 0 Å². The van der Waals surface area contributed by atoms with Crippen molar-refractivity contribution in [1.29, 1.82) is 0 Å². The lowest BCUT2D eigenvalue weighted by Crippen LogP contribution is -2.04. The smallest absolute Gasteiger partial charge is 0.0515 e. The highest BCUT2D eigenvalue weighted by molar-refractivity contribution is 5.81. The number of hydrogen-bond donors (Lipinski definition) is 1. The van der Waals surface area contributed by atoms with Crippen molar-refractivity contribution in [3.63, 3.8) is 0 Å². The Labute approximate surface area is 90.2 Å². The van der Waals surface area contributed by atoms with Gasteiger partial charge in [0.25, 0.3) is 0 Å². The number of aliphatic hydroxyl groups excluding tert-OH is 1. The SMILES string of the molecule is CC(O)CCc1cc2ccccc2n1C. The molecule has 15 heavy (non-hydrogen) atoms. The van der Waals surface area contributed by atoms with Gasteiger partial charge in [-0.2, -0.15) is 0 Å². The molecule has 0 saturated carbocycles. The van der Waals surface area contributed by atoms with Gasteiger partial charge in [-0.25, -0.2) is 0 Å². The summed E-state index contributed by atoms with van der Waals surface area (Å²) in [6.45, 7) is 1.84. The summed E-state index contributed by atoms with van der Waals surface area (Å²) in [5, 5.41) is 10.5. The average molecular weight is 203 g/mol. The van der Waals surface area contributed by atoms with Crippen LogP contribution in [0.2, 0.25) is 0 Å². The molecule has 0 amide bonds. The van der Waals surface area contributed by atoms with Gasteiger partial charge in [0.2, 0.25) is 0 Å². The number of rotatable bonds is 3. The van der Waals surface area contributed by atoms with E-state index in [-0.39, 0.29) is 6.10 Å². The Morgan fingerprint density at radius 2 is 2.07 bits per heavy atom. The number of hydrogen-bond acceptors (Lipinski definition) is 1. The Balaban J connectivity index is 2.32. The van der Waals surface area contributed by atoms with E-state index in [1.54, 1.807) is 0 Å². The Bertz CT molecular complexity index is 457. The van der Waals surface area contributed by atoms with E-state index in [1.165, 1.54) is 16.6 Å². The van der Waals surface area contributed by atoms with Crippen LogP contribution in [0.4, 0.5) is 0 Å². The van der Waals surface area contributed by atoms with Crippen molar-refractivity contribution < 1.29 is 5.11 Å². The zero-order valence-electron chi connectivity index (χ0n) is 9.27. The second kappa shape index (κ2) is 4.07. The molecule has 0 radical (unpaired) electrons. The fourth-order valence-corrected chi connectivity index (χ4v) is 1.94. The van der Waals surface area contributed by atoms with Gasteiger partial charge in [-0.05, 0) is 37.3 Å². The summed E-state index contributed by atoms with van der Waals surface area (Å²) in [5.41, 5.74) is 2.55. The van der Waals surface area contributed by atoms with Gasteiger partial charge < -0.3 is 9.67 Å². The predicted octanol–water partition coefficient (Wildman–Crippen LogP) is 2.49. The largest absolute Gasteiger partial charge is 0.393 e. The highest BCUT2D eigenvalue weighted by atomic mass is 16.3. The fraction of sp³-hybridized carbons (Fsp3) is 0.385. The highest BCUT2D eigenvalue weighted by Crippen LogP contribution is 2.19. The molecule has 0 aliphatic heterocycles. The van der Waals surface area contributed by atoms with Gasteiger partial charge in [-0.3, -0.25) is 0 Å². The van der Waals surface area contributed by atoms with Crippen LogP contribution >= 0.6 is 0 Å². The third-order valence-corrected chi connectivity index (χ3v) is 2.87. The molecule has 0 aliphatic rings. The van der Waals surface area contributed by atoms with Crippen LogP contribution in [0, 0.1) is 0 Å². The summed E-state index contributed by atoms with van der Waals surface area (Å²) in [6, 6.07) is 10.6. The second-order valence-corrected chi connectivity index (χ2v) is 4.14. The van der Waals surface area contributed by atoms with Crippen molar-refractivity contribution in [1.82, 2.24) is 4.57 Å². The molecule has 80 valence electrons. The van der Waals surface area contributed by atoms with Gasteiger partial charge in [0.1, 0.15) is 0 Å². The van der Waals surface area contributed by atoms with E-state index in [2.05, 4.69) is 41.9 Å². The number of para-hydroxylation sites is 1. The van der Waals surface area contributed by atoms with Crippen molar-refractivity contribution in [2.45, 2.75) is 25.9 Å². The molecule has 0 fully saturated rings. The summed E-state index contributed by atoms with van der Waals surface area (Å²) >= 11 is 0. The monoisotopic (exact) mass is 203 g/mol. The van der Waals surface area contributed by atoms with Crippen LogP contribution in [0.5, 0.6) is 0 Å². The molecule has 0 bridgehead atoms. The van der Waals surface area contributed by atoms with Crippen molar-refractivity contribution in [3.05, 3.63) is 36.0 Å². The number of aromatic nitrogens is 1. The van der Waals surface area contributed by atoms with Crippen LogP contribution < -0.4 is 0 Å². The van der Waals surface area contributed by atoms with Crippen LogP contribution in [0.25, 0.3) is 10.9 Å². The fourth-order valence-electron chi connectivity index (χ4n) is 1.94. The minimum Gasteiger partial charge on any atom is -0.393 e. The number of fused-ring (bicyclic) bond motifs is 1. The van der Waals surface area contributed by atoms with Crippen LogP contribution in [0.15, 0.2) is 30.3 Å². The maximum Gasteiger partial charge on any atom is 0.0515 e. The Kier molecular flexibility index (Phi) is 2.78. The number of aliphatic hydroxyl groups is 1. The minimum absolute atomic E-state index is 0.219. The number of nitrogens with zero attached hydrogens (tertiary/aromatic N) is 1. The van der Waals surface area contributed by atoms with E-state index in [1.807, 2.05) is 6.92 Å². The van der Waals surface area contributed by atoms with E-state index >= 15 is 0 Å². The van der Waals surface area contributed by atoms with E-state index in [0.29, 0.717) is 0 Å². The molecule has 2 heteroatoms. The maximum absolute atomic E-state index is 9.27. The molecule has 2 aromatic rings. The maximum atomic E-state index is 9.27. The minimum atomic E-state index is -0.219. The normalized spacial score (nSPS) is 13.3. The highest BCUT2D eigenvalue weighted by Gasteiger charge is 2.05. The molecule has 1 heterocycles. The molecule has 2 nitrogen and oxygen atoms in total. The van der Waals surface area contributed by atoms with E-state index in [0.717, 1.165) is 12.8 Å². The van der Waals surface area contributed by atoms with Gasteiger partial charge in [0.05, 0.1) is 6.10 Å². The molecule has 0 aliphatic carbocycles. The zero-order chi connectivity index (χ0) is 10.8. The lowest BCUT2D eigenvalue weighted by Gasteiger charge is -2.05. The number of aryl methyl sites for hydroxylation is 2. The molecule has 2 rings (SSSR count). The van der Waals surface area contributed by atoms with Crippen LogP contribution in [0.3, 0.4) is 0 Å². The van der Waals surface area contributed by atoms with Gasteiger partial charge in [0, 0.05) is 18.3 Å². The standard InChI is InChI=1S/C13H17NO/c1-10(15)7-8-12-9-11-5-3-4-6-13(11)14(12)2/h3-6,9-10,15H,7-8H2,1-2H3. The Morgan fingerprint density at radius 1 is 1.33 bits per heavy atom. The summed E-state index contributed by atoms with van der Waals surface area (Å²) in [7, 11) is 2.08. The lowest BCUT2D eigenvalue weighted by molar-refractivity contribution is 0.184. The Hall–Kier alpha value is -1.28. The third kappa shape index (κ3) is 2.05. The molecule has 1 unspecified atom stereocenters. The lowest BCUT2D eigenvalue weighted by atomic mass is 10.1. The molecule has 1 aromatic heterocycles. The number of benzene rings is 1. The molecule has 1 aromatic carbocycles. The first kappa shape index (κ1) is 10.2. The molecular formula is C13H17NO. The third-order valence-electron chi connectivity index (χ3n) is 2.87. The molecule has 1 atom stereocenters. The van der Waals surface area contributed by atoms with E-state index in [9.17, 15) is 5.11 Å². The van der Waals surface area contributed by atoms with E-state index < -0.39 is 0 Å². The van der Waals surface area contributed by atoms with Crippen molar-refractivity contribution in [3.8, 4) is 0 Å². The topological polar surface area (TPSA) is 25.2 Å². The summed E-state index contributed by atoms with van der Waals surface area (Å²) in [5.74, 6) is 0. The first-order valence-corrected chi connectivity index (χ1v) is 5.40. The first-order valence-electron chi connectivity index (χ1n) is 5.40. The molecular weight excluding hydrogens is 186 g/mol. The Morgan fingerprint density at radius 3 is 2.73 bits per heavy atom. The van der Waals surface area contributed by atoms with Crippen LogP contribution in [-0.4, -0.2) is 15.8 Å². The second-order valence-electron chi connectivity index (χ2n) is 4.14. The summed E-state index contributed by atoms with van der Waals surface area (Å²) in [4.78, 5) is 0. The predicted molar refractivity (Wildman–Crippen MR) is 62.9 cm³/mol.